The Morgan fingerprint density at radius 3 is 2.10 bits per heavy atom. The van der Waals surface area contributed by atoms with Crippen molar-refractivity contribution in [1.82, 2.24) is 4.98 Å². The van der Waals surface area contributed by atoms with Crippen LogP contribution in [0.25, 0.3) is 22.4 Å². The summed E-state index contributed by atoms with van der Waals surface area (Å²) in [5.74, 6) is 0. The molecule has 0 fully saturated rings. The summed E-state index contributed by atoms with van der Waals surface area (Å²) >= 11 is 0. The first kappa shape index (κ1) is 12.6. The van der Waals surface area contributed by atoms with Crippen LogP contribution in [0.5, 0.6) is 0 Å². The Balaban J connectivity index is 2.29. The Morgan fingerprint density at radius 1 is 0.650 bits per heavy atom. The molecule has 0 amide bonds. The van der Waals surface area contributed by atoms with E-state index >= 15 is 0 Å². The highest BCUT2D eigenvalue weighted by atomic mass is 14.7. The zero-order valence-electron chi connectivity index (χ0n) is 11.8. The standard InChI is InChI=1S/C19H17N/c1-14-8-3-4-10-16(14)19-15(2)9-7-11-17(19)18-12-5-6-13-20-18/h3-13H,1-2H3. The molecule has 0 saturated heterocycles. The molecule has 0 atom stereocenters. The van der Waals surface area contributed by atoms with Crippen LogP contribution in [-0.2, 0) is 0 Å². The number of benzene rings is 2. The number of pyridine rings is 1. The first-order valence-corrected chi connectivity index (χ1v) is 6.84. The quantitative estimate of drug-likeness (QED) is 0.628. The van der Waals surface area contributed by atoms with Gasteiger partial charge in [-0.2, -0.15) is 0 Å². The van der Waals surface area contributed by atoms with Crippen LogP contribution in [0, 0.1) is 13.8 Å². The number of rotatable bonds is 2. The molecule has 0 spiro atoms. The summed E-state index contributed by atoms with van der Waals surface area (Å²) in [5, 5.41) is 0. The van der Waals surface area contributed by atoms with Gasteiger partial charge in [-0.25, -0.2) is 0 Å². The zero-order chi connectivity index (χ0) is 13.9. The molecular formula is C19H17N. The number of aromatic nitrogens is 1. The van der Waals surface area contributed by atoms with Crippen LogP contribution < -0.4 is 0 Å². The van der Waals surface area contributed by atoms with Gasteiger partial charge in [0, 0.05) is 11.8 Å². The number of nitrogens with zero attached hydrogens (tertiary/aromatic N) is 1. The van der Waals surface area contributed by atoms with Gasteiger partial charge >= 0.3 is 0 Å². The minimum atomic E-state index is 1.02. The second-order valence-corrected chi connectivity index (χ2v) is 5.03. The first-order valence-electron chi connectivity index (χ1n) is 6.84. The minimum Gasteiger partial charge on any atom is -0.256 e. The van der Waals surface area contributed by atoms with Gasteiger partial charge in [0.05, 0.1) is 5.69 Å². The molecule has 98 valence electrons. The lowest BCUT2D eigenvalue weighted by atomic mass is 9.91. The maximum absolute atomic E-state index is 4.51. The smallest absolute Gasteiger partial charge is 0.0708 e. The summed E-state index contributed by atoms with van der Waals surface area (Å²) in [7, 11) is 0. The van der Waals surface area contributed by atoms with Crippen molar-refractivity contribution >= 4 is 0 Å². The van der Waals surface area contributed by atoms with Gasteiger partial charge < -0.3 is 0 Å². The monoisotopic (exact) mass is 259 g/mol. The number of aryl methyl sites for hydroxylation is 2. The van der Waals surface area contributed by atoms with Gasteiger partial charge in [-0.1, -0.05) is 48.5 Å². The molecule has 0 N–H and O–H groups in total. The van der Waals surface area contributed by atoms with Crippen molar-refractivity contribution in [3.63, 3.8) is 0 Å². The summed E-state index contributed by atoms with van der Waals surface area (Å²) in [6, 6.07) is 21.0. The summed E-state index contributed by atoms with van der Waals surface area (Å²) < 4.78 is 0. The van der Waals surface area contributed by atoms with Gasteiger partial charge in [-0.3, -0.25) is 4.98 Å². The third-order valence-corrected chi connectivity index (χ3v) is 3.63. The molecule has 0 bridgehead atoms. The maximum atomic E-state index is 4.51. The van der Waals surface area contributed by atoms with Crippen LogP contribution in [0.15, 0.2) is 66.9 Å². The molecule has 0 aliphatic carbocycles. The lowest BCUT2D eigenvalue weighted by Gasteiger charge is -2.14. The summed E-state index contributed by atoms with van der Waals surface area (Å²) in [4.78, 5) is 4.51. The van der Waals surface area contributed by atoms with E-state index in [4.69, 9.17) is 0 Å². The zero-order valence-corrected chi connectivity index (χ0v) is 11.8. The summed E-state index contributed by atoms with van der Waals surface area (Å²) in [5.41, 5.74) is 7.35. The molecule has 1 heteroatoms. The highest BCUT2D eigenvalue weighted by Crippen LogP contribution is 2.35. The second kappa shape index (κ2) is 5.30. The van der Waals surface area contributed by atoms with Gasteiger partial charge in [0.25, 0.3) is 0 Å². The van der Waals surface area contributed by atoms with Crippen molar-refractivity contribution in [3.05, 3.63) is 78.0 Å². The Hall–Kier alpha value is -2.41. The third-order valence-electron chi connectivity index (χ3n) is 3.63. The van der Waals surface area contributed by atoms with E-state index in [1.165, 1.54) is 27.8 Å². The van der Waals surface area contributed by atoms with Crippen molar-refractivity contribution < 1.29 is 0 Å². The fourth-order valence-corrected chi connectivity index (χ4v) is 2.61. The summed E-state index contributed by atoms with van der Waals surface area (Å²) in [6.07, 6.45) is 1.85. The summed E-state index contributed by atoms with van der Waals surface area (Å²) in [6.45, 7) is 4.32. The van der Waals surface area contributed by atoms with Crippen molar-refractivity contribution in [1.29, 1.82) is 0 Å². The predicted octanol–water partition coefficient (Wildman–Crippen LogP) is 5.03. The van der Waals surface area contributed by atoms with Gasteiger partial charge in [-0.15, -0.1) is 0 Å². The topological polar surface area (TPSA) is 12.9 Å². The van der Waals surface area contributed by atoms with Gasteiger partial charge in [0.15, 0.2) is 0 Å². The number of hydrogen-bond donors (Lipinski definition) is 0. The minimum absolute atomic E-state index is 1.02. The Kier molecular flexibility index (Phi) is 3.34. The molecule has 3 rings (SSSR count). The van der Waals surface area contributed by atoms with Crippen molar-refractivity contribution in [2.75, 3.05) is 0 Å². The molecular weight excluding hydrogens is 242 g/mol. The third kappa shape index (κ3) is 2.23. The molecule has 0 unspecified atom stereocenters. The van der Waals surface area contributed by atoms with E-state index in [1.807, 2.05) is 18.3 Å². The predicted molar refractivity (Wildman–Crippen MR) is 84.6 cm³/mol. The maximum Gasteiger partial charge on any atom is 0.0708 e. The molecule has 0 saturated carbocycles. The van der Waals surface area contributed by atoms with Crippen LogP contribution in [-0.4, -0.2) is 4.98 Å². The normalized spacial score (nSPS) is 10.5. The van der Waals surface area contributed by atoms with Crippen LogP contribution in [0.2, 0.25) is 0 Å². The molecule has 0 aliphatic rings. The largest absolute Gasteiger partial charge is 0.256 e. The van der Waals surface area contributed by atoms with E-state index in [9.17, 15) is 0 Å². The van der Waals surface area contributed by atoms with Crippen LogP contribution in [0.3, 0.4) is 0 Å². The first-order chi connectivity index (χ1) is 9.77. The van der Waals surface area contributed by atoms with Crippen LogP contribution >= 0.6 is 0 Å². The fourth-order valence-electron chi connectivity index (χ4n) is 2.61. The molecule has 20 heavy (non-hydrogen) atoms. The lowest BCUT2D eigenvalue weighted by molar-refractivity contribution is 1.31. The van der Waals surface area contributed by atoms with Crippen LogP contribution in [0.4, 0.5) is 0 Å². The SMILES string of the molecule is Cc1ccccc1-c1c(C)cccc1-c1ccccn1. The van der Waals surface area contributed by atoms with Gasteiger partial charge in [-0.05, 0) is 48.2 Å². The lowest BCUT2D eigenvalue weighted by Crippen LogP contribution is -1.92. The average molecular weight is 259 g/mol. The Morgan fingerprint density at radius 2 is 1.35 bits per heavy atom. The van der Waals surface area contributed by atoms with E-state index in [1.54, 1.807) is 0 Å². The highest BCUT2D eigenvalue weighted by molar-refractivity contribution is 5.85. The molecule has 1 heterocycles. The van der Waals surface area contributed by atoms with E-state index in [-0.39, 0.29) is 0 Å². The average Bonchev–Trinajstić information content (AvgIpc) is 2.49. The highest BCUT2D eigenvalue weighted by Gasteiger charge is 2.12. The second-order valence-electron chi connectivity index (χ2n) is 5.03. The van der Waals surface area contributed by atoms with Crippen molar-refractivity contribution in [3.8, 4) is 22.4 Å². The van der Waals surface area contributed by atoms with Crippen molar-refractivity contribution in [2.45, 2.75) is 13.8 Å². The molecule has 1 aromatic heterocycles. The van der Waals surface area contributed by atoms with E-state index in [2.05, 4.69) is 67.4 Å². The molecule has 0 radical (unpaired) electrons. The van der Waals surface area contributed by atoms with Crippen LogP contribution in [0.1, 0.15) is 11.1 Å². The Bertz CT molecular complexity index is 730. The molecule has 2 aromatic carbocycles. The van der Waals surface area contributed by atoms with E-state index in [0.29, 0.717) is 0 Å². The van der Waals surface area contributed by atoms with Crippen molar-refractivity contribution in [2.24, 2.45) is 0 Å². The fraction of sp³-hybridized carbons (Fsp3) is 0.105. The molecule has 0 aliphatic heterocycles. The van der Waals surface area contributed by atoms with E-state index < -0.39 is 0 Å². The molecule has 1 nitrogen and oxygen atoms in total. The van der Waals surface area contributed by atoms with E-state index in [0.717, 1.165) is 5.69 Å². The molecule has 3 aromatic rings. The van der Waals surface area contributed by atoms with Gasteiger partial charge in [0.1, 0.15) is 0 Å². The Labute approximate surface area is 119 Å². The van der Waals surface area contributed by atoms with Gasteiger partial charge in [0.2, 0.25) is 0 Å². The number of hydrogen-bond acceptors (Lipinski definition) is 1.